The number of carbonyl (C=O) groups excluding carboxylic acids is 1. The Bertz CT molecular complexity index is 597. The summed E-state index contributed by atoms with van der Waals surface area (Å²) in [6.45, 7) is 7.53. The van der Waals surface area contributed by atoms with Crippen molar-refractivity contribution in [1.82, 2.24) is 4.90 Å². The second kappa shape index (κ2) is 8.80. The summed E-state index contributed by atoms with van der Waals surface area (Å²) in [5, 5.41) is -0.735. The van der Waals surface area contributed by atoms with Gasteiger partial charge in [0.05, 0.1) is 24.0 Å². The summed E-state index contributed by atoms with van der Waals surface area (Å²) in [7, 11) is -5.17. The summed E-state index contributed by atoms with van der Waals surface area (Å²) < 4.78 is 41.9. The normalized spacial score (nSPS) is 25.0. The van der Waals surface area contributed by atoms with Crippen LogP contribution in [0.2, 0.25) is 0 Å². The molecule has 2 rings (SSSR count). The molecule has 0 aromatic carbocycles. The largest absolute Gasteiger partial charge is 0.529 e. The Morgan fingerprint density at radius 2 is 1.92 bits per heavy atom. The molecule has 2 aliphatic rings. The Morgan fingerprint density at radius 3 is 2.44 bits per heavy atom. The number of rotatable bonds is 8. The van der Waals surface area contributed by atoms with E-state index in [4.69, 9.17) is 13.6 Å². The van der Waals surface area contributed by atoms with Gasteiger partial charge in [-0.05, 0) is 38.7 Å². The van der Waals surface area contributed by atoms with Crippen LogP contribution in [-0.2, 0) is 33.7 Å². The van der Waals surface area contributed by atoms with Crippen molar-refractivity contribution in [2.45, 2.75) is 52.3 Å². The summed E-state index contributed by atoms with van der Waals surface area (Å²) in [6.07, 6.45) is 2.70. The molecule has 0 radical (unpaired) electrons. The van der Waals surface area contributed by atoms with Crippen LogP contribution in [0.5, 0.6) is 0 Å². The van der Waals surface area contributed by atoms with E-state index >= 15 is 0 Å². The number of hydrogen-bond acceptors (Lipinski definition) is 6. The molecule has 3 atom stereocenters. The second-order valence-electron chi connectivity index (χ2n) is 6.05. The Balaban J connectivity index is 2.48. The number of amides is 1. The van der Waals surface area contributed by atoms with Crippen molar-refractivity contribution in [2.75, 3.05) is 25.5 Å². The first-order valence-corrected chi connectivity index (χ1v) is 11.7. The first-order valence-electron chi connectivity index (χ1n) is 8.82. The van der Waals surface area contributed by atoms with Crippen LogP contribution in [0.1, 0.15) is 47.0 Å². The van der Waals surface area contributed by atoms with Crippen molar-refractivity contribution >= 4 is 24.5 Å². The van der Waals surface area contributed by atoms with Crippen molar-refractivity contribution in [3.8, 4) is 0 Å². The minimum absolute atomic E-state index is 0.153. The minimum atomic E-state index is -3.81. The van der Waals surface area contributed by atoms with E-state index < -0.39 is 24.0 Å². The number of phosphoric ester groups is 1. The molecule has 9 heteroatoms. The highest BCUT2D eigenvalue weighted by molar-refractivity contribution is 7.85. The van der Waals surface area contributed by atoms with E-state index in [-0.39, 0.29) is 25.0 Å². The number of fused-ring (bicyclic) bond motifs is 1. The van der Waals surface area contributed by atoms with Gasteiger partial charge in [-0.15, -0.1) is 0 Å². The third-order valence-electron chi connectivity index (χ3n) is 4.46. The highest BCUT2D eigenvalue weighted by Crippen LogP contribution is 2.54. The molecule has 0 spiro atoms. The number of carbonyl (C=O) groups is 1. The van der Waals surface area contributed by atoms with E-state index in [0.29, 0.717) is 18.1 Å². The predicted molar refractivity (Wildman–Crippen MR) is 96.2 cm³/mol. The topological polar surface area (TPSA) is 82.1 Å². The summed E-state index contributed by atoms with van der Waals surface area (Å²) >= 11 is 0. The summed E-state index contributed by atoms with van der Waals surface area (Å²) in [5.74, 6) is 0.712. The fourth-order valence-corrected chi connectivity index (χ4v) is 6.03. The maximum absolute atomic E-state index is 12.9. The average Bonchev–Trinajstić information content (AvgIpc) is 3.02. The zero-order valence-corrected chi connectivity index (χ0v) is 17.1. The zero-order chi connectivity index (χ0) is 18.6. The zero-order valence-electron chi connectivity index (χ0n) is 15.4. The molecular formula is C16H28NO6PS. The lowest BCUT2D eigenvalue weighted by Gasteiger charge is -2.39. The van der Waals surface area contributed by atoms with Crippen molar-refractivity contribution < 1.29 is 27.1 Å². The van der Waals surface area contributed by atoms with Gasteiger partial charge in [-0.3, -0.25) is 18.1 Å². The summed E-state index contributed by atoms with van der Waals surface area (Å²) in [6, 6.07) is 0. The smallest absolute Gasteiger partial charge is 0.405 e. The van der Waals surface area contributed by atoms with Gasteiger partial charge in [-0.1, -0.05) is 6.92 Å². The fraction of sp³-hybridized carbons (Fsp3) is 0.812. The lowest BCUT2D eigenvalue weighted by Crippen LogP contribution is -2.49. The number of hydrogen-bond donors (Lipinski definition) is 0. The Morgan fingerprint density at radius 1 is 1.28 bits per heavy atom. The van der Waals surface area contributed by atoms with Gasteiger partial charge in [0.2, 0.25) is 5.91 Å². The fourth-order valence-electron chi connectivity index (χ4n) is 3.42. The molecule has 1 heterocycles. The SMILES string of the molecule is CCOP(=O)(OCC)OC1=C2CCC[C@@H]2CN(C(C)=O)C1S(=O)CC. The van der Waals surface area contributed by atoms with Gasteiger partial charge in [0.1, 0.15) is 5.76 Å². The predicted octanol–water partition coefficient (Wildman–Crippen LogP) is 3.20. The molecule has 7 nitrogen and oxygen atoms in total. The molecule has 0 saturated heterocycles. The van der Waals surface area contributed by atoms with E-state index in [9.17, 15) is 13.6 Å². The van der Waals surface area contributed by atoms with Gasteiger partial charge in [-0.2, -0.15) is 0 Å². The van der Waals surface area contributed by atoms with Gasteiger partial charge in [-0.25, -0.2) is 4.57 Å². The Labute approximate surface area is 152 Å². The lowest BCUT2D eigenvalue weighted by atomic mass is 9.97. The first-order chi connectivity index (χ1) is 11.9. The van der Waals surface area contributed by atoms with Crippen LogP contribution in [0.25, 0.3) is 0 Å². The third-order valence-corrected chi connectivity index (χ3v) is 7.56. The van der Waals surface area contributed by atoms with Crippen LogP contribution in [-0.4, -0.2) is 45.9 Å². The molecular weight excluding hydrogens is 365 g/mol. The van der Waals surface area contributed by atoms with Gasteiger partial charge < -0.3 is 9.42 Å². The van der Waals surface area contributed by atoms with Crippen molar-refractivity contribution in [3.63, 3.8) is 0 Å². The lowest BCUT2D eigenvalue weighted by molar-refractivity contribution is -0.130. The van der Waals surface area contributed by atoms with Crippen LogP contribution in [0.3, 0.4) is 0 Å². The van der Waals surface area contributed by atoms with Gasteiger partial charge >= 0.3 is 7.82 Å². The first kappa shape index (κ1) is 20.6. The van der Waals surface area contributed by atoms with Crippen LogP contribution in [0, 0.1) is 5.92 Å². The minimum Gasteiger partial charge on any atom is -0.405 e. The molecule has 1 fully saturated rings. The maximum atomic E-state index is 12.9. The van der Waals surface area contributed by atoms with Crippen LogP contribution in [0.4, 0.5) is 0 Å². The molecule has 0 N–H and O–H groups in total. The van der Waals surface area contributed by atoms with E-state index in [0.717, 1.165) is 24.8 Å². The average molecular weight is 393 g/mol. The molecule has 1 saturated carbocycles. The Kier molecular flexibility index (Phi) is 7.26. The second-order valence-corrected chi connectivity index (χ2v) is 9.42. The van der Waals surface area contributed by atoms with Crippen LogP contribution >= 0.6 is 7.82 Å². The monoisotopic (exact) mass is 393 g/mol. The van der Waals surface area contributed by atoms with E-state index in [1.165, 1.54) is 6.92 Å². The quantitative estimate of drug-likeness (QED) is 0.589. The summed E-state index contributed by atoms with van der Waals surface area (Å²) in [4.78, 5) is 13.7. The molecule has 0 aromatic rings. The van der Waals surface area contributed by atoms with Crippen molar-refractivity contribution in [1.29, 1.82) is 0 Å². The number of phosphoric acid groups is 1. The summed E-state index contributed by atoms with van der Waals surface area (Å²) in [5.41, 5.74) is 1.00. The van der Waals surface area contributed by atoms with Gasteiger partial charge in [0, 0.05) is 25.1 Å². The standard InChI is InChI=1S/C16H28NO6PS/c1-5-21-24(19,22-6-2)23-15-14-10-8-9-13(14)11-17(12(4)18)16(15)25(20)7-3/h13,16H,5-11H2,1-4H3/t13-,16?,25?/m1/s1. The number of nitrogens with zero attached hydrogens (tertiary/aromatic N) is 1. The van der Waals surface area contributed by atoms with Crippen molar-refractivity contribution in [2.24, 2.45) is 5.92 Å². The highest BCUT2D eigenvalue weighted by Gasteiger charge is 2.45. The Hall–Kier alpha value is -0.690. The molecule has 1 amide bonds. The van der Waals surface area contributed by atoms with Gasteiger partial charge in [0.15, 0.2) is 5.37 Å². The molecule has 144 valence electrons. The molecule has 1 aliphatic carbocycles. The van der Waals surface area contributed by atoms with Crippen LogP contribution < -0.4 is 0 Å². The third kappa shape index (κ3) is 4.54. The molecule has 25 heavy (non-hydrogen) atoms. The molecule has 0 aromatic heterocycles. The van der Waals surface area contributed by atoms with Gasteiger partial charge in [0.25, 0.3) is 0 Å². The van der Waals surface area contributed by atoms with Crippen LogP contribution in [0.15, 0.2) is 11.3 Å². The van der Waals surface area contributed by atoms with E-state index in [1.807, 2.05) is 0 Å². The maximum Gasteiger partial charge on any atom is 0.529 e. The van der Waals surface area contributed by atoms with E-state index in [1.54, 1.807) is 25.7 Å². The highest BCUT2D eigenvalue weighted by atomic mass is 32.2. The molecule has 2 unspecified atom stereocenters. The molecule has 1 aliphatic heterocycles. The van der Waals surface area contributed by atoms with Crippen molar-refractivity contribution in [3.05, 3.63) is 11.3 Å². The van der Waals surface area contributed by atoms with E-state index in [2.05, 4.69) is 0 Å². The molecule has 0 bridgehead atoms.